The van der Waals surface area contributed by atoms with E-state index < -0.39 is 34.3 Å². The Morgan fingerprint density at radius 2 is 1.93 bits per heavy atom. The van der Waals surface area contributed by atoms with Crippen molar-refractivity contribution in [3.05, 3.63) is 23.3 Å². The van der Waals surface area contributed by atoms with Crippen LogP contribution in [0.2, 0.25) is 0 Å². The molecule has 0 heterocycles. The lowest BCUT2D eigenvalue weighted by atomic mass is 9.65. The molecule has 0 bridgehead atoms. The molecule has 1 amide bonds. The number of carbonyl (C=O) groups excluding carboxylic acids is 1. The number of aliphatic hydroxyl groups excluding tert-OH is 1. The normalized spacial score (nSPS) is 17.5. The molecule has 0 aromatic heterocycles. The average molecular weight is 465 g/mol. The third kappa shape index (κ3) is 5.49. The molecule has 1 saturated carbocycles. The van der Waals surface area contributed by atoms with Crippen molar-refractivity contribution in [2.75, 3.05) is 19.0 Å². The third-order valence-corrected chi connectivity index (χ3v) is 5.01. The first kappa shape index (κ1) is 23.2. The zero-order valence-electron chi connectivity index (χ0n) is 15.0. The number of hydrogen-bond acceptors (Lipinski definition) is 4. The molecule has 0 radical (unpaired) electrons. The molecule has 1 aliphatic rings. The van der Waals surface area contributed by atoms with Gasteiger partial charge >= 0.3 is 12.3 Å². The van der Waals surface area contributed by atoms with Gasteiger partial charge in [0.25, 0.3) is 0 Å². The summed E-state index contributed by atoms with van der Waals surface area (Å²) >= 11 is 16.5. The summed E-state index contributed by atoms with van der Waals surface area (Å²) in [6.07, 6.45) is -6.31. The van der Waals surface area contributed by atoms with Crippen LogP contribution in [0.25, 0.3) is 0 Å². The minimum absolute atomic E-state index is 0.0826. The molecule has 2 rings (SSSR count). The van der Waals surface area contributed by atoms with Crippen molar-refractivity contribution in [2.45, 2.75) is 47.7 Å². The van der Waals surface area contributed by atoms with Gasteiger partial charge in [0.05, 0.1) is 12.8 Å². The van der Waals surface area contributed by atoms with Crippen molar-refractivity contribution in [1.29, 1.82) is 0 Å². The van der Waals surface area contributed by atoms with Gasteiger partial charge in [0.1, 0.15) is 12.4 Å². The highest BCUT2D eigenvalue weighted by Gasteiger charge is 2.43. The highest BCUT2D eigenvalue weighted by Crippen LogP contribution is 2.48. The maximum atomic E-state index is 13.2. The molecule has 1 fully saturated rings. The SMILES string of the molecule is COc1c(NC(=O)OCC(Cl)(Cl)Cl)cc(C2(C)CCC2)cc1C(O)C(F)(F)F. The monoisotopic (exact) mass is 463 g/mol. The number of ether oxygens (including phenoxy) is 2. The van der Waals surface area contributed by atoms with E-state index in [9.17, 15) is 23.1 Å². The van der Waals surface area contributed by atoms with E-state index >= 15 is 0 Å². The molecule has 11 heteroatoms. The molecule has 1 unspecified atom stereocenters. The van der Waals surface area contributed by atoms with Gasteiger partial charge in [-0.25, -0.2) is 4.79 Å². The van der Waals surface area contributed by atoms with Gasteiger partial charge in [-0.3, -0.25) is 5.32 Å². The number of alkyl halides is 6. The second-order valence-electron chi connectivity index (χ2n) is 6.82. The average Bonchev–Trinajstić information content (AvgIpc) is 2.55. The Labute approximate surface area is 175 Å². The van der Waals surface area contributed by atoms with Crippen LogP contribution in [0.3, 0.4) is 0 Å². The third-order valence-electron chi connectivity index (χ3n) is 4.68. The van der Waals surface area contributed by atoms with Gasteiger partial charge in [0.15, 0.2) is 6.10 Å². The van der Waals surface area contributed by atoms with Crippen molar-refractivity contribution in [2.24, 2.45) is 0 Å². The molecule has 5 nitrogen and oxygen atoms in total. The Balaban J connectivity index is 2.44. The summed E-state index contributed by atoms with van der Waals surface area (Å²) in [5.41, 5.74) is -0.419. The molecule has 2 N–H and O–H groups in total. The van der Waals surface area contributed by atoms with E-state index in [-0.39, 0.29) is 16.9 Å². The predicted molar refractivity (Wildman–Crippen MR) is 100 cm³/mol. The Morgan fingerprint density at radius 1 is 1.32 bits per heavy atom. The number of aliphatic hydroxyl groups is 1. The van der Waals surface area contributed by atoms with Crippen molar-refractivity contribution in [1.82, 2.24) is 0 Å². The fourth-order valence-electron chi connectivity index (χ4n) is 2.99. The van der Waals surface area contributed by atoms with Crippen LogP contribution < -0.4 is 10.1 Å². The number of halogens is 6. The second kappa shape index (κ2) is 8.34. The van der Waals surface area contributed by atoms with Crippen LogP contribution in [0.15, 0.2) is 12.1 Å². The van der Waals surface area contributed by atoms with E-state index in [1.807, 2.05) is 6.92 Å². The number of hydrogen-bond donors (Lipinski definition) is 2. The van der Waals surface area contributed by atoms with Crippen molar-refractivity contribution >= 4 is 46.6 Å². The first-order valence-corrected chi connectivity index (χ1v) is 9.38. The summed E-state index contributed by atoms with van der Waals surface area (Å²) in [5, 5.41) is 12.1. The number of rotatable bonds is 5. The Morgan fingerprint density at radius 3 is 2.36 bits per heavy atom. The molecule has 1 aromatic rings. The zero-order chi connectivity index (χ0) is 21.3. The Bertz CT molecular complexity index is 734. The van der Waals surface area contributed by atoms with Gasteiger partial charge in [0, 0.05) is 5.56 Å². The summed E-state index contributed by atoms with van der Waals surface area (Å²) in [6.45, 7) is 1.33. The number of amides is 1. The molecular weight excluding hydrogens is 446 g/mol. The molecule has 1 aromatic carbocycles. The summed E-state index contributed by atoms with van der Waals surface area (Å²) in [6, 6.07) is 2.76. The minimum atomic E-state index is -4.92. The topological polar surface area (TPSA) is 67.8 Å². The van der Waals surface area contributed by atoms with Crippen LogP contribution in [0, 0.1) is 0 Å². The molecule has 28 heavy (non-hydrogen) atoms. The fourth-order valence-corrected chi connectivity index (χ4v) is 3.15. The maximum absolute atomic E-state index is 13.2. The lowest BCUT2D eigenvalue weighted by Gasteiger charge is -2.40. The van der Waals surface area contributed by atoms with Gasteiger partial charge < -0.3 is 14.6 Å². The van der Waals surface area contributed by atoms with E-state index in [1.54, 1.807) is 0 Å². The van der Waals surface area contributed by atoms with Gasteiger partial charge in [-0.1, -0.05) is 48.1 Å². The molecule has 1 atom stereocenters. The number of carbonyl (C=O) groups is 1. The number of methoxy groups -OCH3 is 1. The van der Waals surface area contributed by atoms with Gasteiger partial charge in [-0.05, 0) is 36.0 Å². The van der Waals surface area contributed by atoms with Crippen molar-refractivity contribution in [3.63, 3.8) is 0 Å². The van der Waals surface area contributed by atoms with Crippen molar-refractivity contribution in [3.8, 4) is 5.75 Å². The molecule has 0 spiro atoms. The number of anilines is 1. The standard InChI is InChI=1S/C17H19Cl3F3NO4/c1-15(4-3-5-15)9-6-10(13(25)17(21,22)23)12(27-2)11(7-9)24-14(26)28-8-16(18,19)20/h6-7,13,25H,3-5,8H2,1-2H3,(H,24,26). The Kier molecular flexibility index (Phi) is 6.91. The molecule has 0 saturated heterocycles. The van der Waals surface area contributed by atoms with Gasteiger partial charge in [-0.15, -0.1) is 0 Å². The lowest BCUT2D eigenvalue weighted by Crippen LogP contribution is -2.31. The van der Waals surface area contributed by atoms with Crippen LogP contribution in [0.5, 0.6) is 5.75 Å². The number of benzene rings is 1. The van der Waals surface area contributed by atoms with E-state index in [0.29, 0.717) is 5.56 Å². The number of nitrogens with one attached hydrogen (secondary N) is 1. The molecule has 158 valence electrons. The zero-order valence-corrected chi connectivity index (χ0v) is 17.3. The van der Waals surface area contributed by atoms with E-state index in [0.717, 1.165) is 26.4 Å². The van der Waals surface area contributed by atoms with Gasteiger partial charge in [0.2, 0.25) is 3.79 Å². The minimum Gasteiger partial charge on any atom is -0.494 e. The van der Waals surface area contributed by atoms with Gasteiger partial charge in [-0.2, -0.15) is 13.2 Å². The van der Waals surface area contributed by atoms with Crippen molar-refractivity contribution < 1.29 is 32.5 Å². The molecular formula is C17H19Cl3F3NO4. The maximum Gasteiger partial charge on any atom is 0.418 e. The van der Waals surface area contributed by atoms with Crippen LogP contribution in [-0.4, -0.2) is 34.9 Å². The van der Waals surface area contributed by atoms with Crippen LogP contribution in [0.4, 0.5) is 23.7 Å². The summed E-state index contributed by atoms with van der Waals surface area (Å²) in [4.78, 5) is 12.0. The van der Waals surface area contributed by atoms with E-state index in [2.05, 4.69) is 5.32 Å². The molecule has 0 aliphatic heterocycles. The highest BCUT2D eigenvalue weighted by molar-refractivity contribution is 6.67. The van der Waals surface area contributed by atoms with Crippen LogP contribution in [0.1, 0.15) is 43.4 Å². The fraction of sp³-hybridized carbons (Fsp3) is 0.588. The van der Waals surface area contributed by atoms with Crippen LogP contribution in [-0.2, 0) is 10.2 Å². The predicted octanol–water partition coefficient (Wildman–Crippen LogP) is 5.65. The first-order chi connectivity index (χ1) is 12.8. The summed E-state index contributed by atoms with van der Waals surface area (Å²) < 4.78 is 47.4. The van der Waals surface area contributed by atoms with E-state index in [4.69, 9.17) is 44.3 Å². The van der Waals surface area contributed by atoms with E-state index in [1.165, 1.54) is 12.1 Å². The summed E-state index contributed by atoms with van der Waals surface area (Å²) in [5.74, 6) is -0.331. The summed E-state index contributed by atoms with van der Waals surface area (Å²) in [7, 11) is 1.13. The largest absolute Gasteiger partial charge is 0.494 e. The Hall–Kier alpha value is -1.09. The smallest absolute Gasteiger partial charge is 0.418 e. The van der Waals surface area contributed by atoms with Crippen LogP contribution >= 0.6 is 34.8 Å². The second-order valence-corrected chi connectivity index (χ2v) is 9.34. The molecule has 1 aliphatic carbocycles. The lowest BCUT2D eigenvalue weighted by molar-refractivity contribution is -0.207. The highest BCUT2D eigenvalue weighted by atomic mass is 35.6. The first-order valence-electron chi connectivity index (χ1n) is 8.24. The quantitative estimate of drug-likeness (QED) is 0.553.